The lowest BCUT2D eigenvalue weighted by Gasteiger charge is -2.31. The van der Waals surface area contributed by atoms with Crippen LogP contribution in [0.2, 0.25) is 0 Å². The van der Waals surface area contributed by atoms with E-state index in [1.807, 2.05) is 4.90 Å². The lowest BCUT2D eigenvalue weighted by atomic mass is 10.0. The van der Waals surface area contributed by atoms with Crippen molar-refractivity contribution in [3.05, 3.63) is 0 Å². The molecule has 0 radical (unpaired) electrons. The molecule has 21 heavy (non-hydrogen) atoms. The zero-order chi connectivity index (χ0) is 15.1. The van der Waals surface area contributed by atoms with Gasteiger partial charge < -0.3 is 16.4 Å². The molecule has 0 bridgehead atoms. The van der Waals surface area contributed by atoms with Gasteiger partial charge in [0.05, 0.1) is 6.54 Å². The summed E-state index contributed by atoms with van der Waals surface area (Å²) in [4.78, 5) is 24.7. The van der Waals surface area contributed by atoms with E-state index in [-0.39, 0.29) is 18.0 Å². The Labute approximate surface area is 126 Å². The lowest BCUT2D eigenvalue weighted by molar-refractivity contribution is -0.119. The molecule has 6 heteroatoms. The maximum atomic E-state index is 11.8. The predicted octanol–water partition coefficient (Wildman–Crippen LogP) is 0.816. The van der Waals surface area contributed by atoms with E-state index in [1.54, 1.807) is 0 Å². The summed E-state index contributed by atoms with van der Waals surface area (Å²) in [7, 11) is 0. The molecule has 2 fully saturated rings. The smallest absolute Gasteiger partial charge is 0.315 e. The van der Waals surface area contributed by atoms with Crippen LogP contribution < -0.4 is 16.4 Å². The molecule has 0 spiro atoms. The van der Waals surface area contributed by atoms with Crippen molar-refractivity contribution in [2.24, 2.45) is 11.7 Å². The van der Waals surface area contributed by atoms with E-state index < -0.39 is 0 Å². The van der Waals surface area contributed by atoms with Crippen LogP contribution in [0.5, 0.6) is 0 Å². The summed E-state index contributed by atoms with van der Waals surface area (Å²) < 4.78 is 0. The highest BCUT2D eigenvalue weighted by atomic mass is 16.2. The Morgan fingerprint density at radius 1 is 1.10 bits per heavy atom. The van der Waals surface area contributed by atoms with E-state index in [0.717, 1.165) is 44.8 Å². The third kappa shape index (κ3) is 5.91. The number of likely N-dealkylation sites (tertiary alicyclic amines) is 1. The van der Waals surface area contributed by atoms with Crippen LogP contribution >= 0.6 is 0 Å². The number of hydrogen-bond donors (Lipinski definition) is 3. The number of primary amides is 1. The standard InChI is InChI=1S/C15H28N4O2/c16-14(20)11-19-9-6-13(7-10-19)18-15(21)17-8-5-12-3-1-2-4-12/h12-13H,1-11H2,(H2,16,20)(H2,17,18,21). The summed E-state index contributed by atoms with van der Waals surface area (Å²) in [6, 6.07) is 0.155. The summed E-state index contributed by atoms with van der Waals surface area (Å²) >= 11 is 0. The third-order valence-electron chi connectivity index (χ3n) is 4.62. The van der Waals surface area contributed by atoms with E-state index in [2.05, 4.69) is 10.6 Å². The van der Waals surface area contributed by atoms with Gasteiger partial charge in [-0.25, -0.2) is 4.79 Å². The van der Waals surface area contributed by atoms with Gasteiger partial charge in [0, 0.05) is 25.7 Å². The minimum atomic E-state index is -0.286. The van der Waals surface area contributed by atoms with E-state index in [4.69, 9.17) is 5.73 Å². The molecular formula is C15H28N4O2. The molecule has 2 aliphatic rings. The van der Waals surface area contributed by atoms with Crippen molar-refractivity contribution >= 4 is 11.9 Å². The van der Waals surface area contributed by atoms with Gasteiger partial charge in [-0.05, 0) is 25.2 Å². The quantitative estimate of drug-likeness (QED) is 0.678. The van der Waals surface area contributed by atoms with Gasteiger partial charge >= 0.3 is 6.03 Å². The summed E-state index contributed by atoms with van der Waals surface area (Å²) in [6.07, 6.45) is 8.20. The van der Waals surface area contributed by atoms with Crippen LogP contribution in [0.4, 0.5) is 4.79 Å². The fourth-order valence-corrected chi connectivity index (χ4v) is 3.38. The fraction of sp³-hybridized carbons (Fsp3) is 0.867. The van der Waals surface area contributed by atoms with Gasteiger partial charge in [-0.1, -0.05) is 25.7 Å². The highest BCUT2D eigenvalue weighted by Gasteiger charge is 2.21. The minimum absolute atomic E-state index is 0.0543. The van der Waals surface area contributed by atoms with Gasteiger partial charge in [0.1, 0.15) is 0 Å². The topological polar surface area (TPSA) is 87.5 Å². The Morgan fingerprint density at radius 3 is 2.38 bits per heavy atom. The number of carbonyl (C=O) groups is 2. The summed E-state index contributed by atoms with van der Waals surface area (Å²) in [5.74, 6) is 0.522. The fourth-order valence-electron chi connectivity index (χ4n) is 3.38. The minimum Gasteiger partial charge on any atom is -0.369 e. The van der Waals surface area contributed by atoms with Crippen molar-refractivity contribution in [3.8, 4) is 0 Å². The van der Waals surface area contributed by atoms with Gasteiger partial charge in [-0.15, -0.1) is 0 Å². The highest BCUT2D eigenvalue weighted by molar-refractivity contribution is 5.76. The molecule has 1 aliphatic carbocycles. The normalized spacial score (nSPS) is 21.3. The van der Waals surface area contributed by atoms with Crippen LogP contribution in [-0.4, -0.2) is 49.1 Å². The van der Waals surface area contributed by atoms with Crippen LogP contribution in [0.1, 0.15) is 44.9 Å². The first-order valence-electron chi connectivity index (χ1n) is 8.18. The Kier molecular flexibility index (Phi) is 6.29. The second-order valence-corrected chi connectivity index (χ2v) is 6.36. The molecular weight excluding hydrogens is 268 g/mol. The van der Waals surface area contributed by atoms with Crippen molar-refractivity contribution in [1.29, 1.82) is 0 Å². The lowest BCUT2D eigenvalue weighted by Crippen LogP contribution is -2.49. The van der Waals surface area contributed by atoms with Gasteiger partial charge in [-0.2, -0.15) is 0 Å². The molecule has 1 heterocycles. The van der Waals surface area contributed by atoms with Crippen molar-refractivity contribution in [2.75, 3.05) is 26.2 Å². The first-order chi connectivity index (χ1) is 10.1. The van der Waals surface area contributed by atoms with Gasteiger partial charge in [-0.3, -0.25) is 9.69 Å². The zero-order valence-corrected chi connectivity index (χ0v) is 12.8. The number of piperidine rings is 1. The number of amides is 3. The first-order valence-corrected chi connectivity index (χ1v) is 8.18. The van der Waals surface area contributed by atoms with Gasteiger partial charge in [0.15, 0.2) is 0 Å². The highest BCUT2D eigenvalue weighted by Crippen LogP contribution is 2.26. The molecule has 120 valence electrons. The van der Waals surface area contributed by atoms with Crippen LogP contribution in [0.3, 0.4) is 0 Å². The molecule has 0 unspecified atom stereocenters. The van der Waals surface area contributed by atoms with Crippen LogP contribution in [0.25, 0.3) is 0 Å². The number of nitrogens with two attached hydrogens (primary N) is 1. The Balaban J connectivity index is 1.55. The number of hydrogen-bond acceptors (Lipinski definition) is 3. The van der Waals surface area contributed by atoms with Crippen molar-refractivity contribution in [3.63, 3.8) is 0 Å². The van der Waals surface area contributed by atoms with Crippen molar-refractivity contribution < 1.29 is 9.59 Å². The SMILES string of the molecule is NC(=O)CN1CCC(NC(=O)NCCC2CCCC2)CC1. The largest absolute Gasteiger partial charge is 0.369 e. The Morgan fingerprint density at radius 2 is 1.76 bits per heavy atom. The number of rotatable bonds is 6. The Bertz CT molecular complexity index is 348. The summed E-state index contributed by atoms with van der Waals surface area (Å²) in [6.45, 7) is 2.73. The van der Waals surface area contributed by atoms with Gasteiger partial charge in [0.25, 0.3) is 0 Å². The third-order valence-corrected chi connectivity index (χ3v) is 4.62. The molecule has 0 aromatic heterocycles. The summed E-state index contributed by atoms with van der Waals surface area (Å²) in [5, 5.41) is 5.99. The summed E-state index contributed by atoms with van der Waals surface area (Å²) in [5.41, 5.74) is 5.18. The molecule has 0 aromatic carbocycles. The van der Waals surface area contributed by atoms with E-state index in [1.165, 1.54) is 25.7 Å². The molecule has 4 N–H and O–H groups in total. The van der Waals surface area contributed by atoms with E-state index in [9.17, 15) is 9.59 Å². The first kappa shape index (κ1) is 16.1. The van der Waals surface area contributed by atoms with Crippen molar-refractivity contribution in [1.82, 2.24) is 15.5 Å². The maximum absolute atomic E-state index is 11.8. The van der Waals surface area contributed by atoms with E-state index in [0.29, 0.717) is 6.54 Å². The molecule has 2 rings (SSSR count). The molecule has 1 saturated carbocycles. The molecule has 0 atom stereocenters. The average molecular weight is 296 g/mol. The van der Waals surface area contributed by atoms with Crippen molar-refractivity contribution in [2.45, 2.75) is 51.0 Å². The molecule has 1 aliphatic heterocycles. The number of nitrogens with one attached hydrogen (secondary N) is 2. The van der Waals surface area contributed by atoms with E-state index >= 15 is 0 Å². The van der Waals surface area contributed by atoms with Gasteiger partial charge in [0.2, 0.25) is 5.91 Å². The Hall–Kier alpha value is -1.30. The zero-order valence-electron chi connectivity index (χ0n) is 12.8. The monoisotopic (exact) mass is 296 g/mol. The molecule has 3 amide bonds. The number of nitrogens with zero attached hydrogens (tertiary/aromatic N) is 1. The van der Waals surface area contributed by atoms with Crippen LogP contribution in [-0.2, 0) is 4.79 Å². The number of carbonyl (C=O) groups excluding carboxylic acids is 2. The second kappa shape index (κ2) is 8.22. The van der Waals surface area contributed by atoms with Crippen LogP contribution in [0, 0.1) is 5.92 Å². The average Bonchev–Trinajstić information content (AvgIpc) is 2.93. The van der Waals surface area contributed by atoms with Crippen LogP contribution in [0.15, 0.2) is 0 Å². The second-order valence-electron chi connectivity index (χ2n) is 6.36. The maximum Gasteiger partial charge on any atom is 0.315 e. The molecule has 1 saturated heterocycles. The molecule has 6 nitrogen and oxygen atoms in total. The molecule has 0 aromatic rings. The predicted molar refractivity (Wildman–Crippen MR) is 81.8 cm³/mol. The number of urea groups is 1.